The molecule has 88 valence electrons. The molecule has 1 aromatic heterocycles. The Hall–Kier alpha value is -2.10. The van der Waals surface area contributed by atoms with Crippen molar-refractivity contribution in [3.8, 4) is 5.75 Å². The normalized spacial score (nSPS) is 10.2. The van der Waals surface area contributed by atoms with Crippen molar-refractivity contribution in [1.82, 2.24) is 4.57 Å². The summed E-state index contributed by atoms with van der Waals surface area (Å²) >= 11 is 0. The highest BCUT2D eigenvalue weighted by Crippen LogP contribution is 2.15. The topological polar surface area (TPSA) is 35.1 Å². The van der Waals surface area contributed by atoms with Crippen LogP contribution in [0.4, 0.5) is 0 Å². The molecule has 0 N–H and O–H groups in total. The number of hydrogen-bond acceptors (Lipinski definition) is 2. The fourth-order valence-corrected chi connectivity index (χ4v) is 1.60. The Balaban J connectivity index is 1.92. The van der Waals surface area contributed by atoms with Crippen LogP contribution < -0.4 is 9.30 Å². The Morgan fingerprint density at radius 1 is 1.41 bits per heavy atom. The van der Waals surface area contributed by atoms with Crippen LogP contribution >= 0.6 is 0 Å². The van der Waals surface area contributed by atoms with Gasteiger partial charge in [0.25, 0.3) is 0 Å². The average Bonchev–Trinajstić information content (AvgIpc) is 2.76. The molecule has 2 rings (SSSR count). The molecule has 0 aliphatic heterocycles. The Bertz CT molecular complexity index is 506. The van der Waals surface area contributed by atoms with Gasteiger partial charge in [0.1, 0.15) is 31.3 Å². The molecule has 0 saturated carbocycles. The maximum Gasteiger partial charge on any atom is 0.243 e. The third-order valence-electron chi connectivity index (χ3n) is 2.48. The van der Waals surface area contributed by atoms with E-state index in [2.05, 4.69) is 0 Å². The van der Waals surface area contributed by atoms with E-state index in [0.29, 0.717) is 17.9 Å². The maximum absolute atomic E-state index is 10.8. The Kier molecular flexibility index (Phi) is 3.55. The summed E-state index contributed by atoms with van der Waals surface area (Å²) in [6, 6.07) is 7.23. The van der Waals surface area contributed by atoms with Crippen molar-refractivity contribution in [2.24, 2.45) is 7.05 Å². The van der Waals surface area contributed by atoms with Crippen molar-refractivity contribution in [3.05, 3.63) is 48.5 Å². The molecule has 0 unspecified atom stereocenters. The summed E-state index contributed by atoms with van der Waals surface area (Å²) in [4.78, 5) is 10.8. The predicted molar refractivity (Wildman–Crippen MR) is 62.9 cm³/mol. The van der Waals surface area contributed by atoms with E-state index in [1.54, 1.807) is 12.1 Å². The zero-order valence-electron chi connectivity index (χ0n) is 9.74. The lowest BCUT2D eigenvalue weighted by molar-refractivity contribution is -0.671. The number of para-hydroxylation sites is 1. The molecular formula is C13H15N2O2+. The van der Waals surface area contributed by atoms with Crippen LogP contribution in [0.2, 0.25) is 0 Å². The molecule has 0 atom stereocenters. The molecule has 0 aliphatic rings. The van der Waals surface area contributed by atoms with E-state index in [9.17, 15) is 4.79 Å². The second-order valence-corrected chi connectivity index (χ2v) is 3.82. The number of imidazole rings is 1. The summed E-state index contributed by atoms with van der Waals surface area (Å²) in [7, 11) is 1.97. The third kappa shape index (κ3) is 2.93. The molecule has 4 nitrogen and oxygen atoms in total. The highest BCUT2D eigenvalue weighted by Gasteiger charge is 2.03. The largest absolute Gasteiger partial charge is 0.489 e. The van der Waals surface area contributed by atoms with Gasteiger partial charge in [-0.05, 0) is 12.1 Å². The summed E-state index contributed by atoms with van der Waals surface area (Å²) in [5.41, 5.74) is 0.588. The lowest BCUT2D eigenvalue weighted by Gasteiger charge is -2.06. The van der Waals surface area contributed by atoms with Crippen LogP contribution in [0.1, 0.15) is 10.4 Å². The maximum atomic E-state index is 10.8. The Labute approximate surface area is 100 Å². The van der Waals surface area contributed by atoms with Crippen molar-refractivity contribution in [2.45, 2.75) is 6.54 Å². The lowest BCUT2D eigenvalue weighted by atomic mass is 10.2. The van der Waals surface area contributed by atoms with Crippen LogP contribution in [-0.4, -0.2) is 17.5 Å². The minimum absolute atomic E-state index is 0.541. The van der Waals surface area contributed by atoms with Gasteiger partial charge < -0.3 is 4.74 Å². The van der Waals surface area contributed by atoms with E-state index < -0.39 is 0 Å². The summed E-state index contributed by atoms with van der Waals surface area (Å²) in [5, 5.41) is 0. The first-order valence-corrected chi connectivity index (χ1v) is 5.47. The van der Waals surface area contributed by atoms with E-state index >= 15 is 0 Å². The number of benzene rings is 1. The van der Waals surface area contributed by atoms with E-state index in [-0.39, 0.29) is 0 Å². The Morgan fingerprint density at radius 3 is 2.94 bits per heavy atom. The number of carbonyl (C=O) groups excluding carboxylic acids is 1. The molecule has 2 aromatic rings. The molecule has 4 heteroatoms. The van der Waals surface area contributed by atoms with Crippen LogP contribution in [0, 0.1) is 0 Å². The van der Waals surface area contributed by atoms with Gasteiger partial charge in [-0.3, -0.25) is 4.79 Å². The summed E-state index contributed by atoms with van der Waals surface area (Å²) in [6.45, 7) is 1.30. The van der Waals surface area contributed by atoms with Crippen LogP contribution in [-0.2, 0) is 13.6 Å². The van der Waals surface area contributed by atoms with Crippen molar-refractivity contribution in [2.75, 3.05) is 6.61 Å². The van der Waals surface area contributed by atoms with Gasteiger partial charge in [-0.2, -0.15) is 0 Å². The summed E-state index contributed by atoms with van der Waals surface area (Å²) in [6.07, 6.45) is 6.74. The first kappa shape index (κ1) is 11.4. The van der Waals surface area contributed by atoms with E-state index in [0.717, 1.165) is 12.8 Å². The smallest absolute Gasteiger partial charge is 0.243 e. The molecule has 0 radical (unpaired) electrons. The van der Waals surface area contributed by atoms with E-state index in [1.165, 1.54) is 0 Å². The minimum atomic E-state index is 0.541. The monoisotopic (exact) mass is 231 g/mol. The second-order valence-electron chi connectivity index (χ2n) is 3.82. The number of rotatable bonds is 5. The van der Waals surface area contributed by atoms with E-state index in [4.69, 9.17) is 4.74 Å². The third-order valence-corrected chi connectivity index (χ3v) is 2.48. The number of aromatic nitrogens is 2. The highest BCUT2D eigenvalue weighted by atomic mass is 16.5. The lowest BCUT2D eigenvalue weighted by Crippen LogP contribution is -2.24. The molecule has 0 fully saturated rings. The minimum Gasteiger partial charge on any atom is -0.489 e. The van der Waals surface area contributed by atoms with Crippen LogP contribution in [0.25, 0.3) is 0 Å². The first-order chi connectivity index (χ1) is 8.29. The van der Waals surface area contributed by atoms with Crippen molar-refractivity contribution in [3.63, 3.8) is 0 Å². The van der Waals surface area contributed by atoms with Gasteiger partial charge in [-0.1, -0.05) is 12.1 Å². The number of aryl methyl sites for hydroxylation is 1. The zero-order chi connectivity index (χ0) is 12.1. The fourth-order valence-electron chi connectivity index (χ4n) is 1.60. The molecule has 17 heavy (non-hydrogen) atoms. The Morgan fingerprint density at radius 2 is 2.24 bits per heavy atom. The quantitative estimate of drug-likeness (QED) is 0.572. The van der Waals surface area contributed by atoms with Gasteiger partial charge >= 0.3 is 0 Å². The van der Waals surface area contributed by atoms with Crippen molar-refractivity contribution in [1.29, 1.82) is 0 Å². The van der Waals surface area contributed by atoms with Crippen molar-refractivity contribution < 1.29 is 14.1 Å². The van der Waals surface area contributed by atoms with Crippen LogP contribution in [0.15, 0.2) is 43.0 Å². The van der Waals surface area contributed by atoms with Crippen LogP contribution in [0.5, 0.6) is 5.75 Å². The van der Waals surface area contributed by atoms with Gasteiger partial charge in [-0.25, -0.2) is 9.13 Å². The number of aldehydes is 1. The van der Waals surface area contributed by atoms with Crippen molar-refractivity contribution >= 4 is 6.29 Å². The number of carbonyl (C=O) groups is 1. The van der Waals surface area contributed by atoms with E-state index in [1.807, 2.05) is 47.0 Å². The number of ether oxygens (including phenoxy) is 1. The first-order valence-electron chi connectivity index (χ1n) is 5.47. The average molecular weight is 231 g/mol. The fraction of sp³-hybridized carbons (Fsp3) is 0.231. The molecule has 1 aromatic carbocycles. The SMILES string of the molecule is C[n+]1ccn(CCOc2ccccc2C=O)c1. The standard InChI is InChI=1S/C13H15N2O2/c1-14-6-7-15(11-14)8-9-17-13-5-3-2-4-12(13)10-16/h2-7,10-11H,8-9H2,1H3/q+1. The predicted octanol–water partition coefficient (Wildman–Crippen LogP) is 1.20. The highest BCUT2D eigenvalue weighted by molar-refractivity contribution is 5.79. The number of hydrogen-bond donors (Lipinski definition) is 0. The molecule has 0 saturated heterocycles. The summed E-state index contributed by atoms with van der Waals surface area (Å²) in [5.74, 6) is 0.638. The molecule has 0 spiro atoms. The van der Waals surface area contributed by atoms with Gasteiger partial charge in [-0.15, -0.1) is 0 Å². The molecule has 0 aliphatic carbocycles. The molecule has 0 bridgehead atoms. The second kappa shape index (κ2) is 5.30. The van der Waals surface area contributed by atoms with Gasteiger partial charge in [0.15, 0.2) is 6.29 Å². The van der Waals surface area contributed by atoms with Gasteiger partial charge in [0, 0.05) is 0 Å². The molecule has 0 amide bonds. The van der Waals surface area contributed by atoms with Gasteiger partial charge in [0.05, 0.1) is 12.6 Å². The zero-order valence-corrected chi connectivity index (χ0v) is 9.74. The van der Waals surface area contributed by atoms with Gasteiger partial charge in [0.2, 0.25) is 6.33 Å². The molecular weight excluding hydrogens is 216 g/mol. The number of nitrogens with zero attached hydrogens (tertiary/aromatic N) is 2. The van der Waals surface area contributed by atoms with Crippen LogP contribution in [0.3, 0.4) is 0 Å². The molecule has 1 heterocycles. The summed E-state index contributed by atoms with van der Waals surface area (Å²) < 4.78 is 9.58.